The molecule has 1 saturated heterocycles. The van der Waals surface area contributed by atoms with Crippen LogP contribution in [0.2, 0.25) is 0 Å². The second-order valence-electron chi connectivity index (χ2n) is 4.80. The Bertz CT molecular complexity index is 348. The number of halogens is 1. The van der Waals surface area contributed by atoms with Crippen LogP contribution in [0.4, 0.5) is 4.79 Å². The minimum absolute atomic E-state index is 0.214. The molecule has 1 aliphatic heterocycles. The summed E-state index contributed by atoms with van der Waals surface area (Å²) in [5.41, 5.74) is -0.292. The molecule has 2 rings (SSSR count). The average Bonchev–Trinajstić information content (AvgIpc) is 2.91. The summed E-state index contributed by atoms with van der Waals surface area (Å²) in [6.45, 7) is 3.67. The molecule has 0 aromatic rings. The molecule has 1 heterocycles. The van der Waals surface area contributed by atoms with Crippen molar-refractivity contribution in [3.8, 4) is 0 Å². The molecular weight excluding hydrogens is 244 g/mol. The standard InChI is InChI=1S/C11H17ClN2O3/c1-2-3-4-17-10(15)14-6-8-5-11(8,7-14)9(12)13-16/h8,16H,2-7H2,1H3/b13-9-. The number of carbonyl (C=O) groups excluding carboxylic acids is 1. The summed E-state index contributed by atoms with van der Waals surface area (Å²) in [6, 6.07) is 0. The van der Waals surface area contributed by atoms with Gasteiger partial charge in [-0.1, -0.05) is 30.1 Å². The van der Waals surface area contributed by atoms with E-state index in [0.717, 1.165) is 19.3 Å². The maximum atomic E-state index is 11.7. The van der Waals surface area contributed by atoms with Gasteiger partial charge in [0, 0.05) is 18.5 Å². The van der Waals surface area contributed by atoms with Gasteiger partial charge in [-0.15, -0.1) is 0 Å². The number of unbranched alkanes of at least 4 members (excludes halogenated alkanes) is 1. The van der Waals surface area contributed by atoms with E-state index in [2.05, 4.69) is 5.16 Å². The SMILES string of the molecule is CCCCOC(=O)N1CC2CC2(/C(Cl)=N/O)C1. The van der Waals surface area contributed by atoms with Crippen LogP contribution in [0.25, 0.3) is 0 Å². The Balaban J connectivity index is 1.85. The maximum Gasteiger partial charge on any atom is 0.409 e. The second kappa shape index (κ2) is 4.72. The Morgan fingerprint density at radius 2 is 2.47 bits per heavy atom. The van der Waals surface area contributed by atoms with Crippen molar-refractivity contribution >= 4 is 22.9 Å². The molecule has 0 aromatic carbocycles. The first-order valence-corrected chi connectivity index (χ1v) is 6.31. The number of piperidine rings is 1. The zero-order chi connectivity index (χ0) is 12.5. The van der Waals surface area contributed by atoms with Gasteiger partial charge in [0.2, 0.25) is 0 Å². The van der Waals surface area contributed by atoms with Crippen molar-refractivity contribution in [2.45, 2.75) is 26.2 Å². The number of likely N-dealkylation sites (tertiary alicyclic amines) is 1. The lowest BCUT2D eigenvalue weighted by atomic mass is 10.1. The van der Waals surface area contributed by atoms with Gasteiger partial charge in [-0.2, -0.15) is 0 Å². The van der Waals surface area contributed by atoms with Crippen molar-refractivity contribution in [3.05, 3.63) is 0 Å². The van der Waals surface area contributed by atoms with Crippen LogP contribution in [0.15, 0.2) is 5.16 Å². The fraction of sp³-hybridized carbons (Fsp3) is 0.818. The zero-order valence-corrected chi connectivity index (χ0v) is 10.6. The number of hydrogen-bond acceptors (Lipinski definition) is 4. The summed E-state index contributed by atoms with van der Waals surface area (Å²) in [7, 11) is 0. The number of hydrogen-bond donors (Lipinski definition) is 1. The van der Waals surface area contributed by atoms with Gasteiger partial charge in [-0.3, -0.25) is 0 Å². The molecule has 1 N–H and O–H groups in total. The smallest absolute Gasteiger partial charge is 0.409 e. The molecule has 1 amide bonds. The molecule has 0 bridgehead atoms. The van der Waals surface area contributed by atoms with Crippen molar-refractivity contribution in [1.29, 1.82) is 0 Å². The number of rotatable bonds is 4. The number of amides is 1. The number of fused-ring (bicyclic) bond motifs is 1. The van der Waals surface area contributed by atoms with Crippen molar-refractivity contribution in [2.75, 3.05) is 19.7 Å². The molecular formula is C11H17ClN2O3. The first-order valence-electron chi connectivity index (χ1n) is 5.93. The molecule has 17 heavy (non-hydrogen) atoms. The fourth-order valence-electron chi connectivity index (χ4n) is 2.44. The highest BCUT2D eigenvalue weighted by atomic mass is 35.5. The molecule has 2 fully saturated rings. The van der Waals surface area contributed by atoms with Gasteiger partial charge < -0.3 is 14.8 Å². The van der Waals surface area contributed by atoms with Crippen LogP contribution in [0.3, 0.4) is 0 Å². The monoisotopic (exact) mass is 260 g/mol. The molecule has 5 nitrogen and oxygen atoms in total. The van der Waals surface area contributed by atoms with Crippen molar-refractivity contribution in [2.24, 2.45) is 16.5 Å². The van der Waals surface area contributed by atoms with Gasteiger partial charge in [-0.25, -0.2) is 4.79 Å². The van der Waals surface area contributed by atoms with Crippen LogP contribution in [0.1, 0.15) is 26.2 Å². The molecule has 0 aromatic heterocycles. The predicted molar refractivity (Wildman–Crippen MR) is 63.4 cm³/mol. The van der Waals surface area contributed by atoms with E-state index >= 15 is 0 Å². The van der Waals surface area contributed by atoms with E-state index in [1.807, 2.05) is 6.92 Å². The van der Waals surface area contributed by atoms with Crippen LogP contribution in [-0.4, -0.2) is 41.1 Å². The van der Waals surface area contributed by atoms with Crippen LogP contribution in [0.5, 0.6) is 0 Å². The first-order chi connectivity index (χ1) is 8.14. The van der Waals surface area contributed by atoms with Crippen molar-refractivity contribution < 1.29 is 14.7 Å². The minimum atomic E-state index is -0.292. The van der Waals surface area contributed by atoms with E-state index in [4.69, 9.17) is 21.5 Å². The van der Waals surface area contributed by atoms with E-state index < -0.39 is 0 Å². The summed E-state index contributed by atoms with van der Waals surface area (Å²) in [4.78, 5) is 13.3. The highest BCUT2D eigenvalue weighted by Gasteiger charge is 2.64. The Kier molecular flexibility index (Phi) is 3.47. The lowest BCUT2D eigenvalue weighted by molar-refractivity contribution is 0.104. The number of carbonyl (C=O) groups is 1. The predicted octanol–water partition coefficient (Wildman–Crippen LogP) is 2.27. The summed E-state index contributed by atoms with van der Waals surface area (Å²) in [5, 5.41) is 12.0. The Labute approximate surface area is 105 Å². The van der Waals surface area contributed by atoms with Crippen molar-refractivity contribution in [1.82, 2.24) is 4.90 Å². The van der Waals surface area contributed by atoms with E-state index in [9.17, 15) is 4.79 Å². The van der Waals surface area contributed by atoms with Crippen LogP contribution < -0.4 is 0 Å². The molecule has 2 aliphatic rings. The quantitative estimate of drug-likeness (QED) is 0.365. The highest BCUT2D eigenvalue weighted by molar-refractivity contribution is 6.67. The molecule has 2 atom stereocenters. The van der Waals surface area contributed by atoms with Crippen LogP contribution in [-0.2, 0) is 4.74 Å². The van der Waals surface area contributed by atoms with Crippen LogP contribution >= 0.6 is 11.6 Å². The third-order valence-electron chi connectivity index (χ3n) is 3.63. The van der Waals surface area contributed by atoms with E-state index in [0.29, 0.717) is 25.6 Å². The molecule has 0 spiro atoms. The second-order valence-corrected chi connectivity index (χ2v) is 5.15. The summed E-state index contributed by atoms with van der Waals surface area (Å²) >= 11 is 5.87. The summed E-state index contributed by atoms with van der Waals surface area (Å²) < 4.78 is 5.14. The Morgan fingerprint density at radius 1 is 1.71 bits per heavy atom. The Hall–Kier alpha value is -0.970. The number of ether oxygens (including phenoxy) is 1. The fourth-order valence-corrected chi connectivity index (χ4v) is 2.73. The van der Waals surface area contributed by atoms with Gasteiger partial charge in [0.1, 0.15) is 0 Å². The van der Waals surface area contributed by atoms with E-state index in [1.54, 1.807) is 4.90 Å². The Morgan fingerprint density at radius 3 is 3.12 bits per heavy atom. The van der Waals surface area contributed by atoms with E-state index in [1.165, 1.54) is 0 Å². The third kappa shape index (κ3) is 2.20. The van der Waals surface area contributed by atoms with Crippen LogP contribution in [0, 0.1) is 11.3 Å². The van der Waals surface area contributed by atoms with E-state index in [-0.39, 0.29) is 16.7 Å². The molecule has 1 saturated carbocycles. The maximum absolute atomic E-state index is 11.7. The topological polar surface area (TPSA) is 62.1 Å². The number of oxime groups is 1. The lowest BCUT2D eigenvalue weighted by Crippen LogP contribution is -2.33. The average molecular weight is 261 g/mol. The van der Waals surface area contributed by atoms with Gasteiger partial charge in [-0.05, 0) is 18.8 Å². The van der Waals surface area contributed by atoms with Gasteiger partial charge in [0.15, 0.2) is 5.17 Å². The molecule has 1 aliphatic carbocycles. The molecule has 96 valence electrons. The molecule has 6 heteroatoms. The third-order valence-corrected chi connectivity index (χ3v) is 4.08. The largest absolute Gasteiger partial charge is 0.449 e. The van der Waals surface area contributed by atoms with Gasteiger partial charge in [0.05, 0.1) is 6.61 Å². The highest BCUT2D eigenvalue weighted by Crippen LogP contribution is 2.59. The molecule has 0 radical (unpaired) electrons. The van der Waals surface area contributed by atoms with Crippen molar-refractivity contribution in [3.63, 3.8) is 0 Å². The van der Waals surface area contributed by atoms with Gasteiger partial charge in [0.25, 0.3) is 0 Å². The van der Waals surface area contributed by atoms with Gasteiger partial charge >= 0.3 is 6.09 Å². The minimum Gasteiger partial charge on any atom is -0.449 e. The summed E-state index contributed by atoms with van der Waals surface area (Å²) in [6.07, 6.45) is 2.50. The lowest BCUT2D eigenvalue weighted by Gasteiger charge is -2.19. The number of nitrogens with zero attached hydrogens (tertiary/aromatic N) is 2. The summed E-state index contributed by atoms with van der Waals surface area (Å²) in [5.74, 6) is 0.324. The molecule has 2 unspecified atom stereocenters. The normalized spacial score (nSPS) is 31.3. The zero-order valence-electron chi connectivity index (χ0n) is 9.86. The first kappa shape index (κ1) is 12.5.